The molecular weight excluding hydrogens is 358 g/mol. The lowest BCUT2D eigenvalue weighted by Gasteiger charge is -2.07. The van der Waals surface area contributed by atoms with Crippen molar-refractivity contribution < 1.29 is 9.59 Å². The van der Waals surface area contributed by atoms with Crippen molar-refractivity contribution in [2.24, 2.45) is 0 Å². The van der Waals surface area contributed by atoms with Crippen LogP contribution in [0.25, 0.3) is 10.6 Å². The zero-order valence-electron chi connectivity index (χ0n) is 13.8. The summed E-state index contributed by atoms with van der Waals surface area (Å²) in [4.78, 5) is 28.3. The van der Waals surface area contributed by atoms with E-state index in [1.165, 1.54) is 11.3 Å². The second-order valence-corrected chi connectivity index (χ2v) is 7.15. The molecule has 0 unspecified atom stereocenters. The van der Waals surface area contributed by atoms with Crippen molar-refractivity contribution in [3.63, 3.8) is 0 Å². The van der Waals surface area contributed by atoms with Crippen LogP contribution in [-0.4, -0.2) is 26.6 Å². The third-order valence-corrected chi connectivity index (χ3v) is 5.02. The molecule has 0 aliphatic rings. The van der Waals surface area contributed by atoms with Crippen molar-refractivity contribution in [1.29, 1.82) is 0 Å². The summed E-state index contributed by atoms with van der Waals surface area (Å²) in [6, 6.07) is 3.88. The Morgan fingerprint density at radius 1 is 1.20 bits per heavy atom. The molecule has 9 heteroatoms. The molecule has 3 heterocycles. The van der Waals surface area contributed by atoms with Gasteiger partial charge in [-0.25, -0.2) is 4.98 Å². The van der Waals surface area contributed by atoms with Gasteiger partial charge in [0, 0.05) is 22.0 Å². The number of carbonyl (C=O) groups excluding carboxylic acids is 2. The minimum absolute atomic E-state index is 0.0545. The quantitative estimate of drug-likeness (QED) is 0.668. The molecule has 2 N–H and O–H groups in total. The molecule has 0 spiro atoms. The number of hydrogen-bond acceptors (Lipinski definition) is 6. The fraction of sp³-hybridized carbons (Fsp3) is 0.250. The molecule has 3 rings (SSSR count). The summed E-state index contributed by atoms with van der Waals surface area (Å²) < 4.78 is 1.59. The molecule has 3 aromatic heterocycles. The van der Waals surface area contributed by atoms with Crippen LogP contribution in [0.3, 0.4) is 0 Å². The highest BCUT2D eigenvalue weighted by Crippen LogP contribution is 2.25. The van der Waals surface area contributed by atoms with Crippen LogP contribution in [-0.2, 0) is 22.6 Å². The van der Waals surface area contributed by atoms with Crippen molar-refractivity contribution in [3.8, 4) is 10.6 Å². The number of amides is 2. The molecule has 7 nitrogen and oxygen atoms in total. The van der Waals surface area contributed by atoms with Crippen LogP contribution in [0.1, 0.15) is 17.1 Å². The van der Waals surface area contributed by atoms with E-state index in [1.807, 2.05) is 42.1 Å². The molecule has 0 saturated heterocycles. The Hall–Kier alpha value is -2.52. The van der Waals surface area contributed by atoms with Gasteiger partial charge in [-0.15, -0.1) is 11.3 Å². The molecule has 0 aliphatic heterocycles. The maximum Gasteiger partial charge on any atom is 0.260 e. The van der Waals surface area contributed by atoms with Gasteiger partial charge in [-0.2, -0.15) is 16.4 Å². The van der Waals surface area contributed by atoms with Gasteiger partial charge in [0.25, 0.3) is 5.91 Å². The highest BCUT2D eigenvalue weighted by Gasteiger charge is 2.11. The van der Waals surface area contributed by atoms with E-state index in [0.717, 1.165) is 22.0 Å². The number of nitrogens with zero attached hydrogens (tertiary/aromatic N) is 3. The first-order chi connectivity index (χ1) is 12.0. The molecule has 0 bridgehead atoms. The first-order valence-corrected chi connectivity index (χ1v) is 9.39. The van der Waals surface area contributed by atoms with Crippen LogP contribution in [0.2, 0.25) is 0 Å². The van der Waals surface area contributed by atoms with E-state index < -0.39 is 0 Å². The van der Waals surface area contributed by atoms with Gasteiger partial charge in [0.1, 0.15) is 11.6 Å². The van der Waals surface area contributed by atoms with E-state index in [2.05, 4.69) is 20.9 Å². The third kappa shape index (κ3) is 4.52. The Balaban J connectivity index is 1.48. The maximum absolute atomic E-state index is 12.0. The largest absolute Gasteiger partial charge is 0.273 e. The second kappa shape index (κ2) is 7.58. The number of aromatic nitrogens is 3. The molecule has 0 aromatic carbocycles. The van der Waals surface area contributed by atoms with Crippen LogP contribution in [0, 0.1) is 13.8 Å². The third-order valence-electron chi connectivity index (χ3n) is 3.40. The van der Waals surface area contributed by atoms with Gasteiger partial charge in [-0.3, -0.25) is 25.1 Å². The molecular formula is C16H17N5O2S2. The number of thiophene rings is 1. The van der Waals surface area contributed by atoms with Gasteiger partial charge in [-0.05, 0) is 31.4 Å². The summed E-state index contributed by atoms with van der Waals surface area (Å²) in [6.07, 6.45) is 0.112. The molecule has 0 saturated carbocycles. The average molecular weight is 375 g/mol. The van der Waals surface area contributed by atoms with E-state index >= 15 is 0 Å². The van der Waals surface area contributed by atoms with Gasteiger partial charge < -0.3 is 0 Å². The molecule has 3 aromatic rings. The van der Waals surface area contributed by atoms with Crippen LogP contribution in [0.4, 0.5) is 0 Å². The van der Waals surface area contributed by atoms with Crippen LogP contribution in [0.5, 0.6) is 0 Å². The van der Waals surface area contributed by atoms with E-state index in [0.29, 0.717) is 5.69 Å². The van der Waals surface area contributed by atoms with Gasteiger partial charge in [0.15, 0.2) is 0 Å². The Bertz CT molecular complexity index is 882. The fourth-order valence-electron chi connectivity index (χ4n) is 2.27. The van der Waals surface area contributed by atoms with Crippen molar-refractivity contribution in [3.05, 3.63) is 45.4 Å². The number of thiazole rings is 1. The van der Waals surface area contributed by atoms with E-state index in [-0.39, 0.29) is 24.8 Å². The van der Waals surface area contributed by atoms with Crippen LogP contribution in [0.15, 0.2) is 28.3 Å². The molecule has 0 fully saturated rings. The maximum atomic E-state index is 12.0. The molecule has 130 valence electrons. The van der Waals surface area contributed by atoms with E-state index in [1.54, 1.807) is 16.0 Å². The van der Waals surface area contributed by atoms with Crippen molar-refractivity contribution >= 4 is 34.5 Å². The lowest BCUT2D eigenvalue weighted by atomic mass is 10.3. The van der Waals surface area contributed by atoms with Crippen molar-refractivity contribution in [1.82, 2.24) is 25.6 Å². The van der Waals surface area contributed by atoms with Crippen molar-refractivity contribution in [2.75, 3.05) is 0 Å². The highest BCUT2D eigenvalue weighted by molar-refractivity contribution is 7.14. The molecule has 0 atom stereocenters. The summed E-state index contributed by atoms with van der Waals surface area (Å²) in [5.41, 5.74) is 8.28. The standard InChI is InChI=1S/C16H17N5O2S2/c1-10-5-11(2)21(20-10)7-15(23)19-18-14(22)6-13-9-25-16(17-13)12-3-4-24-8-12/h3-5,8-9H,6-7H2,1-2H3,(H,18,22)(H,19,23). The first kappa shape index (κ1) is 17.3. The lowest BCUT2D eigenvalue weighted by Crippen LogP contribution is -2.44. The average Bonchev–Trinajstić information content (AvgIpc) is 3.27. The summed E-state index contributed by atoms with van der Waals surface area (Å²) in [7, 11) is 0. The summed E-state index contributed by atoms with van der Waals surface area (Å²) >= 11 is 3.10. The smallest absolute Gasteiger partial charge is 0.260 e. The second-order valence-electron chi connectivity index (χ2n) is 5.51. The Labute approximate surface area is 152 Å². The molecule has 0 aliphatic carbocycles. The molecule has 25 heavy (non-hydrogen) atoms. The van der Waals surface area contributed by atoms with Gasteiger partial charge in [-0.1, -0.05) is 0 Å². The topological polar surface area (TPSA) is 88.9 Å². The number of hydrazine groups is 1. The van der Waals surface area contributed by atoms with Gasteiger partial charge >= 0.3 is 0 Å². The highest BCUT2D eigenvalue weighted by atomic mass is 32.1. The van der Waals surface area contributed by atoms with Crippen LogP contribution >= 0.6 is 22.7 Å². The number of hydrogen-bond donors (Lipinski definition) is 2. The number of rotatable bonds is 5. The Morgan fingerprint density at radius 2 is 2.00 bits per heavy atom. The van der Waals surface area contributed by atoms with Crippen LogP contribution < -0.4 is 10.9 Å². The lowest BCUT2D eigenvalue weighted by molar-refractivity contribution is -0.129. The zero-order chi connectivity index (χ0) is 17.8. The number of nitrogens with one attached hydrogen (secondary N) is 2. The van der Waals surface area contributed by atoms with E-state index in [9.17, 15) is 9.59 Å². The summed E-state index contributed by atoms with van der Waals surface area (Å²) in [6.45, 7) is 3.79. The number of aryl methyl sites for hydroxylation is 2. The normalized spacial score (nSPS) is 10.6. The zero-order valence-corrected chi connectivity index (χ0v) is 15.4. The van der Waals surface area contributed by atoms with E-state index in [4.69, 9.17) is 0 Å². The van der Waals surface area contributed by atoms with Crippen molar-refractivity contribution in [2.45, 2.75) is 26.8 Å². The number of carbonyl (C=O) groups is 2. The molecule has 2 amide bonds. The van der Waals surface area contributed by atoms with Gasteiger partial charge in [0.05, 0.1) is 17.8 Å². The predicted octanol–water partition coefficient (Wildman–Crippen LogP) is 2.08. The molecule has 0 radical (unpaired) electrons. The monoisotopic (exact) mass is 375 g/mol. The Morgan fingerprint density at radius 3 is 2.68 bits per heavy atom. The summed E-state index contributed by atoms with van der Waals surface area (Å²) in [5.74, 6) is -0.652. The minimum Gasteiger partial charge on any atom is -0.273 e. The Kier molecular flexibility index (Phi) is 5.25. The first-order valence-electron chi connectivity index (χ1n) is 7.57. The summed E-state index contributed by atoms with van der Waals surface area (Å²) in [5, 5.41) is 10.9. The predicted molar refractivity (Wildman–Crippen MR) is 97.1 cm³/mol. The SMILES string of the molecule is Cc1cc(C)n(CC(=O)NNC(=O)Cc2csc(-c3ccsc3)n2)n1. The van der Waals surface area contributed by atoms with Gasteiger partial charge in [0.2, 0.25) is 5.91 Å². The minimum atomic E-state index is -0.336. The fourth-order valence-corrected chi connectivity index (χ4v) is 3.80.